The summed E-state index contributed by atoms with van der Waals surface area (Å²) in [4.78, 5) is 7.07. The molecule has 3 heteroatoms. The fourth-order valence-corrected chi connectivity index (χ4v) is 2.87. The smallest absolute Gasteiger partial charge is 0.0749 e. The molecule has 114 valence electrons. The van der Waals surface area contributed by atoms with Crippen molar-refractivity contribution < 1.29 is 0 Å². The predicted octanol–water partition coefficient (Wildman–Crippen LogP) is 3.62. The molecule has 21 heavy (non-hydrogen) atoms. The van der Waals surface area contributed by atoms with Gasteiger partial charge < -0.3 is 10.2 Å². The molecule has 0 bridgehead atoms. The highest BCUT2D eigenvalue weighted by atomic mass is 15.1. The summed E-state index contributed by atoms with van der Waals surface area (Å²) in [6.45, 7) is 11.0. The second-order valence-electron chi connectivity index (χ2n) is 5.35. The fourth-order valence-electron chi connectivity index (χ4n) is 2.87. The predicted molar refractivity (Wildman–Crippen MR) is 90.6 cm³/mol. The van der Waals surface area contributed by atoms with Crippen molar-refractivity contribution >= 4 is 10.9 Å². The quantitative estimate of drug-likeness (QED) is 0.803. The third-order valence-electron chi connectivity index (χ3n) is 4.12. The number of nitrogens with zero attached hydrogens (tertiary/aromatic N) is 2. The van der Waals surface area contributed by atoms with Gasteiger partial charge in [0.15, 0.2) is 0 Å². The normalized spacial score (nSPS) is 13.0. The van der Waals surface area contributed by atoms with Crippen LogP contribution < -0.4 is 5.32 Å². The average Bonchev–Trinajstić information content (AvgIpc) is 2.54. The van der Waals surface area contributed by atoms with Crippen molar-refractivity contribution in [2.24, 2.45) is 0 Å². The van der Waals surface area contributed by atoms with E-state index in [9.17, 15) is 0 Å². The lowest BCUT2D eigenvalue weighted by Gasteiger charge is -2.24. The molecule has 0 saturated carbocycles. The van der Waals surface area contributed by atoms with E-state index in [1.54, 1.807) is 0 Å². The zero-order chi connectivity index (χ0) is 15.1. The molecule has 1 unspecified atom stereocenters. The number of hydrogen-bond donors (Lipinski definition) is 1. The molecule has 1 heterocycles. The molecule has 0 aliphatic carbocycles. The minimum atomic E-state index is 0.370. The maximum atomic E-state index is 4.60. The van der Waals surface area contributed by atoms with Crippen LogP contribution in [0.15, 0.2) is 36.5 Å². The largest absolute Gasteiger partial charge is 0.310 e. The van der Waals surface area contributed by atoms with Crippen LogP contribution in [0.5, 0.6) is 0 Å². The van der Waals surface area contributed by atoms with E-state index in [0.717, 1.165) is 38.1 Å². The molecule has 2 rings (SSSR count). The first kappa shape index (κ1) is 15.9. The Bertz CT molecular complexity index is 544. The van der Waals surface area contributed by atoms with E-state index in [2.05, 4.69) is 60.2 Å². The van der Waals surface area contributed by atoms with Crippen molar-refractivity contribution in [1.29, 1.82) is 0 Å². The van der Waals surface area contributed by atoms with Crippen LogP contribution in [0.4, 0.5) is 0 Å². The summed E-state index contributed by atoms with van der Waals surface area (Å²) in [7, 11) is 0. The monoisotopic (exact) mass is 285 g/mol. The standard InChI is InChI=1S/C18H27N3/c1-4-19-17(12-14-21(5-2)6-3)16-11-7-9-15-10-8-13-20-18(15)16/h7-11,13,17,19H,4-6,12,14H2,1-3H3. The van der Waals surface area contributed by atoms with Crippen LogP contribution in [-0.4, -0.2) is 36.1 Å². The second-order valence-corrected chi connectivity index (χ2v) is 5.35. The van der Waals surface area contributed by atoms with Crippen LogP contribution in [0.2, 0.25) is 0 Å². The van der Waals surface area contributed by atoms with Crippen molar-refractivity contribution in [1.82, 2.24) is 15.2 Å². The number of rotatable bonds is 8. The summed E-state index contributed by atoms with van der Waals surface area (Å²) in [6, 6.07) is 11.0. The Morgan fingerprint density at radius 1 is 1.10 bits per heavy atom. The van der Waals surface area contributed by atoms with Gasteiger partial charge in [-0.05, 0) is 44.2 Å². The molecule has 1 aromatic heterocycles. The molecule has 0 amide bonds. The summed E-state index contributed by atoms with van der Waals surface area (Å²) in [5.41, 5.74) is 2.45. The van der Waals surface area contributed by atoms with Crippen molar-refractivity contribution in [3.63, 3.8) is 0 Å². The van der Waals surface area contributed by atoms with Crippen LogP contribution in [0.1, 0.15) is 38.8 Å². The number of benzene rings is 1. The third kappa shape index (κ3) is 4.02. The molecule has 0 radical (unpaired) electrons. The number of aromatic nitrogens is 1. The molecule has 0 spiro atoms. The number of pyridine rings is 1. The molecule has 1 N–H and O–H groups in total. The SMILES string of the molecule is CCNC(CCN(CC)CC)c1cccc2cccnc12. The van der Waals surface area contributed by atoms with Gasteiger partial charge in [0.05, 0.1) is 5.52 Å². The summed E-state index contributed by atoms with van der Waals surface area (Å²) in [6.07, 6.45) is 3.00. The summed E-state index contributed by atoms with van der Waals surface area (Å²) in [5.74, 6) is 0. The van der Waals surface area contributed by atoms with Gasteiger partial charge in [-0.3, -0.25) is 4.98 Å². The van der Waals surface area contributed by atoms with E-state index < -0.39 is 0 Å². The molecular formula is C18H27N3. The highest BCUT2D eigenvalue weighted by molar-refractivity contribution is 5.81. The lowest BCUT2D eigenvalue weighted by atomic mass is 10.00. The van der Waals surface area contributed by atoms with Crippen LogP contribution in [-0.2, 0) is 0 Å². The zero-order valence-corrected chi connectivity index (χ0v) is 13.5. The lowest BCUT2D eigenvalue weighted by molar-refractivity contribution is 0.283. The van der Waals surface area contributed by atoms with E-state index in [0.29, 0.717) is 6.04 Å². The molecule has 0 saturated heterocycles. The number of para-hydroxylation sites is 1. The second kappa shape index (κ2) is 8.11. The Labute approximate surface area is 128 Å². The summed E-state index contributed by atoms with van der Waals surface area (Å²) in [5, 5.41) is 4.85. The molecule has 0 aliphatic rings. The van der Waals surface area contributed by atoms with E-state index in [1.807, 2.05) is 12.3 Å². The first-order valence-electron chi connectivity index (χ1n) is 8.09. The fraction of sp³-hybridized carbons (Fsp3) is 0.500. The Morgan fingerprint density at radius 3 is 2.57 bits per heavy atom. The summed E-state index contributed by atoms with van der Waals surface area (Å²) >= 11 is 0. The first-order valence-corrected chi connectivity index (χ1v) is 8.09. The average molecular weight is 285 g/mol. The minimum Gasteiger partial charge on any atom is -0.310 e. The zero-order valence-electron chi connectivity index (χ0n) is 13.5. The van der Waals surface area contributed by atoms with Gasteiger partial charge in [0.1, 0.15) is 0 Å². The van der Waals surface area contributed by atoms with Crippen LogP contribution in [0.3, 0.4) is 0 Å². The molecule has 3 nitrogen and oxygen atoms in total. The van der Waals surface area contributed by atoms with Gasteiger partial charge in [-0.2, -0.15) is 0 Å². The van der Waals surface area contributed by atoms with Gasteiger partial charge in [-0.25, -0.2) is 0 Å². The number of hydrogen-bond acceptors (Lipinski definition) is 3. The minimum absolute atomic E-state index is 0.370. The molecule has 0 aliphatic heterocycles. The van der Waals surface area contributed by atoms with Crippen molar-refractivity contribution in [2.45, 2.75) is 33.2 Å². The Kier molecular flexibility index (Phi) is 6.15. The molecular weight excluding hydrogens is 258 g/mol. The lowest BCUT2D eigenvalue weighted by Crippen LogP contribution is -2.29. The van der Waals surface area contributed by atoms with Gasteiger partial charge in [0, 0.05) is 17.6 Å². The highest BCUT2D eigenvalue weighted by Gasteiger charge is 2.15. The van der Waals surface area contributed by atoms with Gasteiger partial charge in [0.25, 0.3) is 0 Å². The Hall–Kier alpha value is -1.45. The van der Waals surface area contributed by atoms with Gasteiger partial charge >= 0.3 is 0 Å². The van der Waals surface area contributed by atoms with Crippen molar-refractivity contribution in [3.8, 4) is 0 Å². The number of fused-ring (bicyclic) bond motifs is 1. The molecule has 1 atom stereocenters. The molecule has 0 fully saturated rings. The first-order chi connectivity index (χ1) is 10.3. The van der Waals surface area contributed by atoms with E-state index >= 15 is 0 Å². The highest BCUT2D eigenvalue weighted by Crippen LogP contribution is 2.24. The summed E-state index contributed by atoms with van der Waals surface area (Å²) < 4.78 is 0. The van der Waals surface area contributed by atoms with Crippen molar-refractivity contribution in [2.75, 3.05) is 26.2 Å². The van der Waals surface area contributed by atoms with Gasteiger partial charge in [-0.15, -0.1) is 0 Å². The van der Waals surface area contributed by atoms with Crippen LogP contribution >= 0.6 is 0 Å². The van der Waals surface area contributed by atoms with Gasteiger partial charge in [0.2, 0.25) is 0 Å². The van der Waals surface area contributed by atoms with Crippen LogP contribution in [0.25, 0.3) is 10.9 Å². The molecule has 1 aromatic carbocycles. The third-order valence-corrected chi connectivity index (χ3v) is 4.12. The Morgan fingerprint density at radius 2 is 1.86 bits per heavy atom. The molecule has 2 aromatic rings. The van der Waals surface area contributed by atoms with Crippen molar-refractivity contribution in [3.05, 3.63) is 42.1 Å². The maximum absolute atomic E-state index is 4.60. The van der Waals surface area contributed by atoms with E-state index in [-0.39, 0.29) is 0 Å². The van der Waals surface area contributed by atoms with Gasteiger partial charge in [-0.1, -0.05) is 45.0 Å². The Balaban J connectivity index is 2.23. The van der Waals surface area contributed by atoms with E-state index in [1.165, 1.54) is 10.9 Å². The topological polar surface area (TPSA) is 28.2 Å². The van der Waals surface area contributed by atoms with Crippen LogP contribution in [0, 0.1) is 0 Å². The maximum Gasteiger partial charge on any atom is 0.0749 e. The van der Waals surface area contributed by atoms with E-state index in [4.69, 9.17) is 0 Å². The number of nitrogens with one attached hydrogen (secondary N) is 1.